The minimum Gasteiger partial charge on any atom is -0.336 e. The van der Waals surface area contributed by atoms with Crippen LogP contribution < -0.4 is 0 Å². The van der Waals surface area contributed by atoms with E-state index in [0.717, 1.165) is 18.8 Å². The molecule has 4 heteroatoms. The van der Waals surface area contributed by atoms with Gasteiger partial charge in [-0.15, -0.1) is 0 Å². The van der Waals surface area contributed by atoms with Crippen molar-refractivity contribution in [2.45, 2.75) is 40.0 Å². The van der Waals surface area contributed by atoms with E-state index in [1.165, 1.54) is 0 Å². The number of hydrogen-bond donors (Lipinski definition) is 1. The lowest BCUT2D eigenvalue weighted by Crippen LogP contribution is -2.55. The number of nitrogens with zero attached hydrogens (tertiary/aromatic N) is 2. The molecule has 1 amide bonds. The molecular formula is C13H21N3O. The van der Waals surface area contributed by atoms with Crippen molar-refractivity contribution in [1.82, 2.24) is 15.1 Å². The maximum Gasteiger partial charge on any atom is 0.274 e. The number of amides is 1. The molecule has 0 spiro atoms. The Hall–Kier alpha value is -1.32. The van der Waals surface area contributed by atoms with E-state index in [0.29, 0.717) is 5.69 Å². The lowest BCUT2D eigenvalue weighted by molar-refractivity contribution is 0.0231. The van der Waals surface area contributed by atoms with E-state index in [1.54, 1.807) is 0 Å². The molecule has 2 rings (SSSR count). The molecule has 4 nitrogen and oxygen atoms in total. The van der Waals surface area contributed by atoms with Gasteiger partial charge in [-0.05, 0) is 11.5 Å². The van der Waals surface area contributed by atoms with Gasteiger partial charge in [0.25, 0.3) is 5.91 Å². The Kier molecular flexibility index (Phi) is 2.56. The topological polar surface area (TPSA) is 49.0 Å². The van der Waals surface area contributed by atoms with E-state index >= 15 is 0 Å². The number of carbonyl (C=O) groups is 1. The fraction of sp³-hybridized carbons (Fsp3) is 0.692. The van der Waals surface area contributed by atoms with Gasteiger partial charge in [0.2, 0.25) is 0 Å². The molecular weight excluding hydrogens is 214 g/mol. The fourth-order valence-corrected chi connectivity index (χ4v) is 2.11. The molecule has 1 aromatic heterocycles. The van der Waals surface area contributed by atoms with Crippen LogP contribution in [0.1, 0.15) is 50.8 Å². The van der Waals surface area contributed by atoms with Crippen molar-refractivity contribution in [3.8, 4) is 0 Å². The quantitative estimate of drug-likeness (QED) is 0.811. The highest BCUT2D eigenvalue weighted by molar-refractivity contribution is 5.93. The molecule has 1 aromatic rings. The molecule has 0 atom stereocenters. The van der Waals surface area contributed by atoms with Gasteiger partial charge in [-0.2, -0.15) is 5.10 Å². The van der Waals surface area contributed by atoms with E-state index in [4.69, 9.17) is 0 Å². The van der Waals surface area contributed by atoms with E-state index in [2.05, 4.69) is 44.8 Å². The Morgan fingerprint density at radius 3 is 2.41 bits per heavy atom. The van der Waals surface area contributed by atoms with Crippen LogP contribution in [0.2, 0.25) is 0 Å². The van der Waals surface area contributed by atoms with Crippen LogP contribution in [0.4, 0.5) is 0 Å². The summed E-state index contributed by atoms with van der Waals surface area (Å²) in [5.74, 6) is 0.0380. The molecule has 1 N–H and O–H groups in total. The van der Waals surface area contributed by atoms with Gasteiger partial charge in [0, 0.05) is 24.2 Å². The van der Waals surface area contributed by atoms with E-state index in [1.807, 2.05) is 11.0 Å². The van der Waals surface area contributed by atoms with Crippen LogP contribution >= 0.6 is 0 Å². The second kappa shape index (κ2) is 3.59. The van der Waals surface area contributed by atoms with E-state index in [-0.39, 0.29) is 16.7 Å². The van der Waals surface area contributed by atoms with Crippen molar-refractivity contribution in [2.75, 3.05) is 13.1 Å². The summed E-state index contributed by atoms with van der Waals surface area (Å²) in [5, 5.41) is 7.07. The Balaban J connectivity index is 2.09. The van der Waals surface area contributed by atoms with Crippen molar-refractivity contribution in [1.29, 1.82) is 0 Å². The van der Waals surface area contributed by atoms with Crippen LogP contribution in [0, 0.1) is 5.41 Å². The van der Waals surface area contributed by atoms with Crippen LogP contribution in [0.3, 0.4) is 0 Å². The third-order valence-corrected chi connectivity index (χ3v) is 3.13. The summed E-state index contributed by atoms with van der Waals surface area (Å²) in [6.07, 6.45) is 0. The van der Waals surface area contributed by atoms with Crippen LogP contribution in [0.5, 0.6) is 0 Å². The van der Waals surface area contributed by atoms with Gasteiger partial charge in [-0.1, -0.05) is 34.6 Å². The van der Waals surface area contributed by atoms with Crippen molar-refractivity contribution in [3.05, 3.63) is 17.5 Å². The molecule has 17 heavy (non-hydrogen) atoms. The summed E-state index contributed by atoms with van der Waals surface area (Å²) in [6.45, 7) is 12.3. The average Bonchev–Trinajstić information content (AvgIpc) is 2.60. The third kappa shape index (κ3) is 2.35. The smallest absolute Gasteiger partial charge is 0.274 e. The number of aromatic nitrogens is 2. The normalized spacial score (nSPS) is 19.0. The fourth-order valence-electron chi connectivity index (χ4n) is 2.11. The monoisotopic (exact) mass is 235 g/mol. The van der Waals surface area contributed by atoms with Gasteiger partial charge in [-0.25, -0.2) is 0 Å². The van der Waals surface area contributed by atoms with Crippen LogP contribution in [0.15, 0.2) is 6.07 Å². The zero-order valence-corrected chi connectivity index (χ0v) is 11.3. The lowest BCUT2D eigenvalue weighted by atomic mass is 9.84. The number of carbonyl (C=O) groups excluding carboxylic acids is 1. The minimum atomic E-state index is -0.000250. The Bertz CT molecular complexity index is 432. The first kappa shape index (κ1) is 12.1. The minimum absolute atomic E-state index is 0.000250. The summed E-state index contributed by atoms with van der Waals surface area (Å²) < 4.78 is 0. The van der Waals surface area contributed by atoms with E-state index in [9.17, 15) is 4.79 Å². The Morgan fingerprint density at radius 2 is 2.00 bits per heavy atom. The summed E-state index contributed by atoms with van der Waals surface area (Å²) in [7, 11) is 0. The molecule has 0 aliphatic carbocycles. The van der Waals surface area contributed by atoms with Gasteiger partial charge in [-0.3, -0.25) is 9.89 Å². The highest BCUT2D eigenvalue weighted by Crippen LogP contribution is 2.30. The number of likely N-dealkylation sites (tertiary alicyclic amines) is 1. The van der Waals surface area contributed by atoms with Crippen molar-refractivity contribution < 1.29 is 4.79 Å². The molecule has 0 aromatic carbocycles. The predicted octanol–water partition coefficient (Wildman–Crippen LogP) is 2.19. The molecule has 2 heterocycles. The Labute approximate surface area is 102 Å². The molecule has 1 fully saturated rings. The highest BCUT2D eigenvalue weighted by atomic mass is 16.2. The number of nitrogens with one attached hydrogen (secondary N) is 1. The van der Waals surface area contributed by atoms with Crippen molar-refractivity contribution >= 4 is 5.91 Å². The number of hydrogen-bond acceptors (Lipinski definition) is 2. The third-order valence-electron chi connectivity index (χ3n) is 3.13. The molecule has 1 aliphatic rings. The molecule has 94 valence electrons. The summed E-state index contributed by atoms with van der Waals surface area (Å²) in [6, 6.07) is 1.87. The van der Waals surface area contributed by atoms with Gasteiger partial charge in [0.15, 0.2) is 0 Å². The molecule has 0 bridgehead atoms. The lowest BCUT2D eigenvalue weighted by Gasteiger charge is -2.45. The van der Waals surface area contributed by atoms with Crippen molar-refractivity contribution in [3.63, 3.8) is 0 Å². The van der Waals surface area contributed by atoms with E-state index < -0.39 is 0 Å². The number of H-pyrrole nitrogens is 1. The first-order chi connectivity index (χ1) is 7.69. The number of aromatic amines is 1. The van der Waals surface area contributed by atoms with Gasteiger partial charge in [0.1, 0.15) is 5.69 Å². The molecule has 1 aliphatic heterocycles. The maximum absolute atomic E-state index is 12.1. The Morgan fingerprint density at radius 1 is 1.41 bits per heavy atom. The van der Waals surface area contributed by atoms with Crippen LogP contribution in [-0.2, 0) is 5.41 Å². The second-order valence-electron chi connectivity index (χ2n) is 6.74. The zero-order valence-electron chi connectivity index (χ0n) is 11.3. The van der Waals surface area contributed by atoms with Crippen LogP contribution in [-0.4, -0.2) is 34.1 Å². The van der Waals surface area contributed by atoms with Gasteiger partial charge < -0.3 is 4.90 Å². The van der Waals surface area contributed by atoms with Crippen molar-refractivity contribution in [2.24, 2.45) is 5.41 Å². The molecule has 0 unspecified atom stereocenters. The maximum atomic E-state index is 12.1. The first-order valence-electron chi connectivity index (χ1n) is 6.04. The largest absolute Gasteiger partial charge is 0.336 e. The van der Waals surface area contributed by atoms with Gasteiger partial charge >= 0.3 is 0 Å². The molecule has 0 saturated carbocycles. The molecule has 0 radical (unpaired) electrons. The average molecular weight is 235 g/mol. The predicted molar refractivity (Wildman–Crippen MR) is 67.0 cm³/mol. The summed E-state index contributed by atoms with van der Waals surface area (Å²) in [5.41, 5.74) is 1.80. The summed E-state index contributed by atoms with van der Waals surface area (Å²) >= 11 is 0. The zero-order chi connectivity index (χ0) is 12.8. The number of rotatable bonds is 1. The highest BCUT2D eigenvalue weighted by Gasteiger charge is 2.38. The van der Waals surface area contributed by atoms with Gasteiger partial charge in [0.05, 0.1) is 0 Å². The first-order valence-corrected chi connectivity index (χ1v) is 6.04. The SMILES string of the molecule is CC1(C)CN(C(=O)c2cc(C(C)(C)C)[nH]n2)C1. The standard InChI is InChI=1S/C13H21N3O/c1-12(2,3)10-6-9(14-15-10)11(17)16-7-13(4,5)8-16/h6H,7-8H2,1-5H3,(H,14,15). The van der Waals surface area contributed by atoms with Crippen LogP contribution in [0.25, 0.3) is 0 Å². The summed E-state index contributed by atoms with van der Waals surface area (Å²) in [4.78, 5) is 13.9. The molecule has 1 saturated heterocycles. The second-order valence-corrected chi connectivity index (χ2v) is 6.74.